The molecule has 1 saturated heterocycles. The predicted octanol–water partition coefficient (Wildman–Crippen LogP) is 3.59. The van der Waals surface area contributed by atoms with Crippen molar-refractivity contribution in [3.8, 4) is 0 Å². The smallest absolute Gasteiger partial charge is 0.257 e. The number of fused-ring (bicyclic) bond motifs is 2. The summed E-state index contributed by atoms with van der Waals surface area (Å²) in [4.78, 5) is 22.8. The van der Waals surface area contributed by atoms with E-state index >= 15 is 0 Å². The average Bonchev–Trinajstić information content (AvgIpc) is 3.58. The van der Waals surface area contributed by atoms with Crippen LogP contribution in [0.3, 0.4) is 0 Å². The highest BCUT2D eigenvalue weighted by Gasteiger charge is 2.38. The van der Waals surface area contributed by atoms with Gasteiger partial charge < -0.3 is 10.1 Å². The number of ether oxygens (including phenoxy) is 1. The lowest BCUT2D eigenvalue weighted by Gasteiger charge is -2.37. The number of carbonyl (C=O) groups excluding carboxylic acids is 1. The van der Waals surface area contributed by atoms with Crippen molar-refractivity contribution in [1.29, 1.82) is 0 Å². The van der Waals surface area contributed by atoms with Gasteiger partial charge >= 0.3 is 0 Å². The summed E-state index contributed by atoms with van der Waals surface area (Å²) < 4.78 is 7.33. The van der Waals surface area contributed by atoms with Crippen molar-refractivity contribution in [1.82, 2.24) is 24.9 Å². The van der Waals surface area contributed by atoms with Gasteiger partial charge in [-0.1, -0.05) is 24.3 Å². The molecule has 2 aliphatic rings. The average molecular weight is 413 g/mol. The third kappa shape index (κ3) is 3.25. The summed E-state index contributed by atoms with van der Waals surface area (Å²) in [5.41, 5.74) is 3.45. The number of amides is 1. The van der Waals surface area contributed by atoms with Crippen molar-refractivity contribution in [3.05, 3.63) is 71.8 Å². The molecule has 2 fully saturated rings. The van der Waals surface area contributed by atoms with Crippen LogP contribution in [-0.2, 0) is 10.3 Å². The second-order valence-corrected chi connectivity index (χ2v) is 8.53. The summed E-state index contributed by atoms with van der Waals surface area (Å²) in [5, 5.41) is 8.76. The first-order chi connectivity index (χ1) is 15.2. The zero-order valence-electron chi connectivity index (χ0n) is 17.1. The highest BCUT2D eigenvalue weighted by atomic mass is 16.5. The minimum Gasteiger partial charge on any atom is -0.381 e. The SMILES string of the molecule is O=C(NC1(c2ccc3ccccc3n2)CCOCC1)c1cnn2cc(C3CC3)cnc12. The van der Waals surface area contributed by atoms with Crippen LogP contribution in [0.4, 0.5) is 0 Å². The van der Waals surface area contributed by atoms with Crippen LogP contribution in [0.15, 0.2) is 55.0 Å². The Morgan fingerprint density at radius 2 is 1.94 bits per heavy atom. The Bertz CT molecular complexity index is 1290. The molecule has 1 aliphatic carbocycles. The Hall–Kier alpha value is -3.32. The molecule has 1 amide bonds. The quantitative estimate of drug-likeness (QED) is 0.553. The maximum absolute atomic E-state index is 13.4. The van der Waals surface area contributed by atoms with Gasteiger partial charge in [0.15, 0.2) is 5.65 Å². The van der Waals surface area contributed by atoms with Crippen molar-refractivity contribution < 1.29 is 9.53 Å². The van der Waals surface area contributed by atoms with Gasteiger partial charge in [-0.05, 0) is 49.3 Å². The van der Waals surface area contributed by atoms with Gasteiger partial charge in [0, 0.05) is 31.0 Å². The van der Waals surface area contributed by atoms with Crippen LogP contribution in [0.25, 0.3) is 16.6 Å². The van der Waals surface area contributed by atoms with Crippen molar-refractivity contribution in [3.63, 3.8) is 0 Å². The summed E-state index contributed by atoms with van der Waals surface area (Å²) in [7, 11) is 0. The van der Waals surface area contributed by atoms with Crippen molar-refractivity contribution in [2.24, 2.45) is 0 Å². The van der Waals surface area contributed by atoms with Gasteiger partial charge in [0.1, 0.15) is 5.56 Å². The van der Waals surface area contributed by atoms with E-state index < -0.39 is 5.54 Å². The Kier molecular flexibility index (Phi) is 4.24. The maximum Gasteiger partial charge on any atom is 0.257 e. The largest absolute Gasteiger partial charge is 0.381 e. The number of nitrogens with zero attached hydrogens (tertiary/aromatic N) is 4. The Labute approximate surface area is 179 Å². The first-order valence-electron chi connectivity index (χ1n) is 10.8. The van der Waals surface area contributed by atoms with E-state index in [0.29, 0.717) is 43.2 Å². The molecule has 7 heteroatoms. The van der Waals surface area contributed by atoms with Crippen molar-refractivity contribution >= 4 is 22.5 Å². The van der Waals surface area contributed by atoms with Crippen LogP contribution >= 0.6 is 0 Å². The molecular formula is C24H23N5O2. The van der Waals surface area contributed by atoms with E-state index in [1.165, 1.54) is 18.4 Å². The molecule has 31 heavy (non-hydrogen) atoms. The van der Waals surface area contributed by atoms with Crippen LogP contribution < -0.4 is 5.32 Å². The van der Waals surface area contributed by atoms with Gasteiger partial charge in [-0.3, -0.25) is 9.78 Å². The van der Waals surface area contributed by atoms with Crippen molar-refractivity contribution in [2.45, 2.75) is 37.1 Å². The van der Waals surface area contributed by atoms with E-state index in [0.717, 1.165) is 16.6 Å². The summed E-state index contributed by atoms with van der Waals surface area (Å²) in [5.74, 6) is 0.404. The Balaban J connectivity index is 1.36. The van der Waals surface area contributed by atoms with Crippen LogP contribution in [0, 0.1) is 0 Å². The highest BCUT2D eigenvalue weighted by Crippen LogP contribution is 2.39. The van der Waals surface area contributed by atoms with Crippen molar-refractivity contribution in [2.75, 3.05) is 13.2 Å². The molecule has 1 aromatic carbocycles. The zero-order chi connectivity index (χ0) is 20.8. The lowest BCUT2D eigenvalue weighted by Crippen LogP contribution is -2.50. The molecule has 3 aromatic heterocycles. The molecule has 0 spiro atoms. The summed E-state index contributed by atoms with van der Waals surface area (Å²) >= 11 is 0. The van der Waals surface area contributed by atoms with Gasteiger partial charge in [-0.2, -0.15) is 5.10 Å². The standard InChI is InChI=1S/C24H23N5O2/c30-23(19-14-26-29-15-18(16-5-6-16)13-25-22(19)29)28-24(9-11-31-12-10-24)21-8-7-17-3-1-2-4-20(17)27-21/h1-4,7-8,13-16H,5-6,9-12H2,(H,28,30). The van der Waals surface area contributed by atoms with E-state index in [4.69, 9.17) is 9.72 Å². The summed E-state index contributed by atoms with van der Waals surface area (Å²) in [6.07, 6.45) is 9.21. The number of hydrogen-bond acceptors (Lipinski definition) is 5. The van der Waals surface area contributed by atoms with Crippen LogP contribution in [-0.4, -0.2) is 38.7 Å². The summed E-state index contributed by atoms with van der Waals surface area (Å²) in [6.45, 7) is 1.15. The fourth-order valence-corrected chi connectivity index (χ4v) is 4.46. The molecule has 4 aromatic rings. The molecule has 156 valence electrons. The number of aromatic nitrogens is 4. The van der Waals surface area contributed by atoms with E-state index in [2.05, 4.69) is 21.5 Å². The van der Waals surface area contributed by atoms with E-state index in [1.54, 1.807) is 10.7 Å². The van der Waals surface area contributed by atoms with E-state index in [1.807, 2.05) is 42.7 Å². The van der Waals surface area contributed by atoms with Gasteiger partial charge in [-0.25, -0.2) is 9.50 Å². The van der Waals surface area contributed by atoms with E-state index in [-0.39, 0.29) is 5.91 Å². The third-order valence-corrected chi connectivity index (χ3v) is 6.46. The molecular weight excluding hydrogens is 390 g/mol. The molecule has 0 unspecified atom stereocenters. The molecule has 7 nitrogen and oxygen atoms in total. The Morgan fingerprint density at radius 3 is 2.77 bits per heavy atom. The van der Waals surface area contributed by atoms with Gasteiger partial charge in [0.2, 0.25) is 0 Å². The zero-order valence-corrected chi connectivity index (χ0v) is 17.1. The number of benzene rings is 1. The first-order valence-corrected chi connectivity index (χ1v) is 10.8. The normalized spacial score (nSPS) is 18.3. The fourth-order valence-electron chi connectivity index (χ4n) is 4.46. The third-order valence-electron chi connectivity index (χ3n) is 6.46. The number of pyridine rings is 1. The first kappa shape index (κ1) is 18.4. The number of nitrogens with one attached hydrogen (secondary N) is 1. The second kappa shape index (κ2) is 7.13. The molecule has 6 rings (SSSR count). The molecule has 0 radical (unpaired) electrons. The number of hydrogen-bond donors (Lipinski definition) is 1. The lowest BCUT2D eigenvalue weighted by molar-refractivity contribution is 0.0332. The maximum atomic E-state index is 13.4. The minimum absolute atomic E-state index is 0.182. The molecule has 1 N–H and O–H groups in total. The number of carbonyl (C=O) groups is 1. The van der Waals surface area contributed by atoms with Crippen LogP contribution in [0.1, 0.15) is 53.2 Å². The predicted molar refractivity (Wildman–Crippen MR) is 116 cm³/mol. The van der Waals surface area contributed by atoms with Gasteiger partial charge in [0.05, 0.1) is 22.9 Å². The topological polar surface area (TPSA) is 81.4 Å². The second-order valence-electron chi connectivity index (χ2n) is 8.53. The minimum atomic E-state index is -0.582. The lowest BCUT2D eigenvalue weighted by atomic mass is 9.85. The fraction of sp³-hybridized carbons (Fsp3) is 0.333. The van der Waals surface area contributed by atoms with Gasteiger partial charge in [-0.15, -0.1) is 0 Å². The molecule has 4 heterocycles. The van der Waals surface area contributed by atoms with Crippen LogP contribution in [0.2, 0.25) is 0 Å². The number of para-hydroxylation sites is 1. The highest BCUT2D eigenvalue weighted by molar-refractivity contribution is 6.00. The van der Waals surface area contributed by atoms with Crippen LogP contribution in [0.5, 0.6) is 0 Å². The molecule has 1 aliphatic heterocycles. The molecule has 0 bridgehead atoms. The number of rotatable bonds is 4. The van der Waals surface area contributed by atoms with E-state index in [9.17, 15) is 4.79 Å². The van der Waals surface area contributed by atoms with Gasteiger partial charge in [0.25, 0.3) is 5.91 Å². The molecule has 0 atom stereocenters. The Morgan fingerprint density at radius 1 is 1.10 bits per heavy atom. The molecule has 1 saturated carbocycles. The monoisotopic (exact) mass is 413 g/mol. The summed E-state index contributed by atoms with van der Waals surface area (Å²) in [6, 6.07) is 12.1.